The molecule has 2 aliphatic rings. The van der Waals surface area contributed by atoms with Crippen molar-refractivity contribution in [1.82, 2.24) is 9.88 Å². The molecular formula is C22H27N3O3. The van der Waals surface area contributed by atoms with Gasteiger partial charge in [-0.2, -0.15) is 0 Å². The molecule has 0 atom stereocenters. The van der Waals surface area contributed by atoms with Crippen LogP contribution in [0.2, 0.25) is 0 Å². The Labute approximate surface area is 165 Å². The predicted octanol–water partition coefficient (Wildman–Crippen LogP) is 3.17. The summed E-state index contributed by atoms with van der Waals surface area (Å²) in [6.45, 7) is 7.15. The molecule has 148 valence electrons. The number of hydrogen-bond donors (Lipinski definition) is 0. The Bertz CT molecular complexity index is 907. The second-order valence-corrected chi connectivity index (χ2v) is 7.70. The minimum atomic E-state index is -0.344. The zero-order chi connectivity index (χ0) is 19.7. The number of aromatic nitrogens is 1. The fourth-order valence-electron chi connectivity index (χ4n) is 3.94. The standard InChI is InChI=1S/C22H27N3O3/c1-3-28-22(27)18-14-23-19-8-5-15(2)13-17(19)20(18)24-9-4-10-25(12-11-24)21(26)16-6-7-16/h5,8,13-14,16H,3-4,6-7,9-12H2,1-2H3. The van der Waals surface area contributed by atoms with Crippen molar-refractivity contribution in [2.24, 2.45) is 5.92 Å². The van der Waals surface area contributed by atoms with E-state index in [0.29, 0.717) is 31.2 Å². The summed E-state index contributed by atoms with van der Waals surface area (Å²) in [5.74, 6) is 0.192. The zero-order valence-electron chi connectivity index (χ0n) is 16.6. The van der Waals surface area contributed by atoms with Crippen LogP contribution in [-0.2, 0) is 9.53 Å². The molecule has 0 N–H and O–H groups in total. The van der Waals surface area contributed by atoms with E-state index in [2.05, 4.69) is 16.0 Å². The Morgan fingerprint density at radius 2 is 2.00 bits per heavy atom. The highest BCUT2D eigenvalue weighted by atomic mass is 16.5. The highest BCUT2D eigenvalue weighted by molar-refractivity contribution is 6.05. The molecule has 0 radical (unpaired) electrons. The molecule has 2 fully saturated rings. The molecule has 0 spiro atoms. The first-order chi connectivity index (χ1) is 13.6. The molecule has 1 saturated heterocycles. The van der Waals surface area contributed by atoms with Gasteiger partial charge in [0, 0.05) is 43.7 Å². The monoisotopic (exact) mass is 381 g/mol. The van der Waals surface area contributed by atoms with Crippen molar-refractivity contribution < 1.29 is 14.3 Å². The second-order valence-electron chi connectivity index (χ2n) is 7.70. The molecule has 0 bridgehead atoms. The smallest absolute Gasteiger partial charge is 0.341 e. The molecule has 0 unspecified atom stereocenters. The maximum Gasteiger partial charge on any atom is 0.341 e. The number of hydrogen-bond acceptors (Lipinski definition) is 5. The third-order valence-corrected chi connectivity index (χ3v) is 5.54. The van der Waals surface area contributed by atoms with Gasteiger partial charge < -0.3 is 14.5 Å². The topological polar surface area (TPSA) is 62.7 Å². The quantitative estimate of drug-likeness (QED) is 0.761. The number of carbonyl (C=O) groups excluding carboxylic acids is 2. The third kappa shape index (κ3) is 3.68. The summed E-state index contributed by atoms with van der Waals surface area (Å²) in [6, 6.07) is 6.10. The van der Waals surface area contributed by atoms with Crippen molar-refractivity contribution in [1.29, 1.82) is 0 Å². The fraction of sp³-hybridized carbons (Fsp3) is 0.500. The van der Waals surface area contributed by atoms with E-state index >= 15 is 0 Å². The van der Waals surface area contributed by atoms with E-state index in [1.165, 1.54) is 0 Å². The van der Waals surface area contributed by atoms with E-state index in [-0.39, 0.29) is 11.9 Å². The first-order valence-corrected chi connectivity index (χ1v) is 10.2. The van der Waals surface area contributed by atoms with Crippen LogP contribution in [0.3, 0.4) is 0 Å². The SMILES string of the molecule is CCOC(=O)c1cnc2ccc(C)cc2c1N1CCCN(C(=O)C2CC2)CC1. The van der Waals surface area contributed by atoms with Crippen molar-refractivity contribution in [3.63, 3.8) is 0 Å². The first-order valence-electron chi connectivity index (χ1n) is 10.2. The lowest BCUT2D eigenvalue weighted by Crippen LogP contribution is -2.36. The molecule has 2 heterocycles. The lowest BCUT2D eigenvalue weighted by atomic mass is 10.1. The van der Waals surface area contributed by atoms with Crippen molar-refractivity contribution in [2.45, 2.75) is 33.1 Å². The van der Waals surface area contributed by atoms with E-state index in [1.807, 2.05) is 30.9 Å². The van der Waals surface area contributed by atoms with Crippen LogP contribution in [-0.4, -0.2) is 54.5 Å². The Morgan fingerprint density at radius 3 is 2.75 bits per heavy atom. The molecule has 6 nitrogen and oxygen atoms in total. The summed E-state index contributed by atoms with van der Waals surface area (Å²) in [5.41, 5.74) is 3.37. The largest absolute Gasteiger partial charge is 0.462 e. The van der Waals surface area contributed by atoms with E-state index < -0.39 is 0 Å². The molecule has 1 aromatic carbocycles. The van der Waals surface area contributed by atoms with Crippen molar-refractivity contribution in [3.05, 3.63) is 35.5 Å². The summed E-state index contributed by atoms with van der Waals surface area (Å²) < 4.78 is 5.30. The number of pyridine rings is 1. The first kappa shape index (κ1) is 18.7. The summed E-state index contributed by atoms with van der Waals surface area (Å²) in [6.07, 6.45) is 4.57. The minimum Gasteiger partial charge on any atom is -0.462 e. The van der Waals surface area contributed by atoms with Gasteiger partial charge in [-0.25, -0.2) is 4.79 Å². The van der Waals surface area contributed by atoms with Crippen LogP contribution in [0.25, 0.3) is 10.9 Å². The lowest BCUT2D eigenvalue weighted by Gasteiger charge is -2.27. The average molecular weight is 381 g/mol. The molecule has 2 aromatic rings. The molecule has 4 rings (SSSR count). The van der Waals surface area contributed by atoms with Gasteiger partial charge in [-0.1, -0.05) is 11.6 Å². The van der Waals surface area contributed by atoms with Crippen LogP contribution in [0.1, 0.15) is 42.1 Å². The van der Waals surface area contributed by atoms with Crippen LogP contribution in [0.15, 0.2) is 24.4 Å². The number of amides is 1. The molecule has 28 heavy (non-hydrogen) atoms. The van der Waals surface area contributed by atoms with Crippen LogP contribution in [0, 0.1) is 12.8 Å². The van der Waals surface area contributed by atoms with Crippen LogP contribution in [0.4, 0.5) is 5.69 Å². The van der Waals surface area contributed by atoms with Gasteiger partial charge in [-0.05, 0) is 45.2 Å². The number of aryl methyl sites for hydroxylation is 1. The number of ether oxygens (including phenoxy) is 1. The van der Waals surface area contributed by atoms with Gasteiger partial charge in [0.05, 0.1) is 17.8 Å². The summed E-state index contributed by atoms with van der Waals surface area (Å²) in [7, 11) is 0. The predicted molar refractivity (Wildman–Crippen MR) is 109 cm³/mol. The highest BCUT2D eigenvalue weighted by Crippen LogP contribution is 2.34. The number of fused-ring (bicyclic) bond motifs is 1. The molecule has 1 amide bonds. The molecule has 1 saturated carbocycles. The van der Waals surface area contributed by atoms with Gasteiger partial charge in [0.2, 0.25) is 5.91 Å². The Kier molecular flexibility index (Phi) is 5.20. The maximum atomic E-state index is 12.6. The number of nitrogens with zero attached hydrogens (tertiary/aromatic N) is 3. The van der Waals surface area contributed by atoms with E-state index in [4.69, 9.17) is 4.74 Å². The third-order valence-electron chi connectivity index (χ3n) is 5.54. The van der Waals surface area contributed by atoms with E-state index in [1.54, 1.807) is 6.20 Å². The number of anilines is 1. The average Bonchev–Trinajstić information content (AvgIpc) is 3.53. The van der Waals surface area contributed by atoms with Crippen molar-refractivity contribution in [3.8, 4) is 0 Å². The summed E-state index contributed by atoms with van der Waals surface area (Å²) in [4.78, 5) is 33.9. The number of carbonyl (C=O) groups is 2. The normalized spacial score (nSPS) is 17.5. The summed E-state index contributed by atoms with van der Waals surface area (Å²) in [5, 5.41) is 0.965. The second kappa shape index (κ2) is 7.78. The molecule has 1 aliphatic carbocycles. The van der Waals surface area contributed by atoms with Gasteiger partial charge in [0.15, 0.2) is 0 Å². The van der Waals surface area contributed by atoms with E-state index in [9.17, 15) is 9.59 Å². The Morgan fingerprint density at radius 1 is 1.18 bits per heavy atom. The Hall–Kier alpha value is -2.63. The lowest BCUT2D eigenvalue weighted by molar-refractivity contribution is -0.132. The molecular weight excluding hydrogens is 354 g/mol. The van der Waals surface area contributed by atoms with Crippen LogP contribution < -0.4 is 4.90 Å². The molecule has 1 aromatic heterocycles. The molecule has 6 heteroatoms. The molecule has 1 aliphatic heterocycles. The highest BCUT2D eigenvalue weighted by Gasteiger charge is 2.34. The number of esters is 1. The minimum absolute atomic E-state index is 0.242. The van der Waals surface area contributed by atoms with Gasteiger partial charge in [-0.3, -0.25) is 9.78 Å². The fourth-order valence-corrected chi connectivity index (χ4v) is 3.94. The zero-order valence-corrected chi connectivity index (χ0v) is 16.6. The Balaban J connectivity index is 1.70. The number of benzene rings is 1. The van der Waals surface area contributed by atoms with E-state index in [0.717, 1.165) is 54.5 Å². The van der Waals surface area contributed by atoms with Gasteiger partial charge >= 0.3 is 5.97 Å². The van der Waals surface area contributed by atoms with Gasteiger partial charge in [-0.15, -0.1) is 0 Å². The van der Waals surface area contributed by atoms with Gasteiger partial charge in [0.25, 0.3) is 0 Å². The van der Waals surface area contributed by atoms with Gasteiger partial charge in [0.1, 0.15) is 5.56 Å². The van der Waals surface area contributed by atoms with Crippen molar-refractivity contribution in [2.75, 3.05) is 37.7 Å². The van der Waals surface area contributed by atoms with Crippen LogP contribution >= 0.6 is 0 Å². The summed E-state index contributed by atoms with van der Waals surface area (Å²) >= 11 is 0. The number of rotatable bonds is 4. The van der Waals surface area contributed by atoms with Crippen molar-refractivity contribution >= 4 is 28.5 Å². The maximum absolute atomic E-state index is 12.6. The van der Waals surface area contributed by atoms with Crippen LogP contribution in [0.5, 0.6) is 0 Å².